The van der Waals surface area contributed by atoms with E-state index in [4.69, 9.17) is 0 Å². The quantitative estimate of drug-likeness (QED) is 0.621. The van der Waals surface area contributed by atoms with Gasteiger partial charge in [0.25, 0.3) is 0 Å². The van der Waals surface area contributed by atoms with E-state index in [-0.39, 0.29) is 6.10 Å². The molecular weight excluding hydrogens is 138 g/mol. The maximum atomic E-state index is 9.49. The fraction of sp³-hybridized carbons (Fsp3) is 1.00. The molecule has 2 unspecified atom stereocenters. The van der Waals surface area contributed by atoms with Gasteiger partial charge < -0.3 is 10.4 Å². The van der Waals surface area contributed by atoms with Gasteiger partial charge in [0.1, 0.15) is 0 Å². The van der Waals surface area contributed by atoms with Crippen molar-refractivity contribution < 1.29 is 5.11 Å². The second-order valence-electron chi connectivity index (χ2n) is 4.09. The van der Waals surface area contributed by atoms with E-state index >= 15 is 0 Å². The summed E-state index contributed by atoms with van der Waals surface area (Å²) in [5.74, 6) is 0.850. The monoisotopic (exact) mass is 155 g/mol. The molecule has 0 aliphatic heterocycles. The molecule has 2 rings (SSSR count). The fourth-order valence-electron chi connectivity index (χ4n) is 1.96. The van der Waals surface area contributed by atoms with Crippen LogP contribution in [0.2, 0.25) is 0 Å². The molecule has 0 amide bonds. The minimum atomic E-state index is -0.0669. The second-order valence-corrected chi connectivity index (χ2v) is 4.09. The van der Waals surface area contributed by atoms with Crippen molar-refractivity contribution in [1.29, 1.82) is 0 Å². The Bertz CT molecular complexity index is 148. The molecule has 2 N–H and O–H groups in total. The molecule has 2 fully saturated rings. The highest BCUT2D eigenvalue weighted by atomic mass is 16.3. The van der Waals surface area contributed by atoms with Crippen LogP contribution < -0.4 is 5.32 Å². The Morgan fingerprint density at radius 1 is 1.27 bits per heavy atom. The molecule has 0 aromatic heterocycles. The van der Waals surface area contributed by atoms with Crippen LogP contribution in [0.25, 0.3) is 0 Å². The van der Waals surface area contributed by atoms with Gasteiger partial charge in [-0.3, -0.25) is 0 Å². The zero-order chi connectivity index (χ0) is 7.84. The van der Waals surface area contributed by atoms with E-state index in [9.17, 15) is 5.11 Å². The van der Waals surface area contributed by atoms with Crippen molar-refractivity contribution in [3.63, 3.8) is 0 Å². The summed E-state index contributed by atoms with van der Waals surface area (Å²) in [6, 6.07) is 1.12. The topological polar surface area (TPSA) is 32.3 Å². The maximum Gasteiger partial charge on any atom is 0.0693 e. The Morgan fingerprint density at radius 3 is 2.45 bits per heavy atom. The molecule has 0 radical (unpaired) electrons. The van der Waals surface area contributed by atoms with Crippen molar-refractivity contribution in [3.8, 4) is 0 Å². The van der Waals surface area contributed by atoms with Gasteiger partial charge in [-0.1, -0.05) is 6.92 Å². The minimum Gasteiger partial charge on any atom is -0.392 e. The van der Waals surface area contributed by atoms with Gasteiger partial charge in [0.15, 0.2) is 0 Å². The average molecular weight is 155 g/mol. The van der Waals surface area contributed by atoms with Gasteiger partial charge in [-0.05, 0) is 31.6 Å². The molecule has 0 aromatic rings. The van der Waals surface area contributed by atoms with E-state index < -0.39 is 0 Å². The normalized spacial score (nSPS) is 49.6. The van der Waals surface area contributed by atoms with Crippen LogP contribution in [-0.4, -0.2) is 23.3 Å². The van der Waals surface area contributed by atoms with E-state index in [0.717, 1.165) is 12.3 Å². The van der Waals surface area contributed by atoms with Crippen LogP contribution in [0.5, 0.6) is 0 Å². The molecule has 0 bridgehead atoms. The first-order chi connectivity index (χ1) is 5.27. The number of rotatable bonds is 2. The van der Waals surface area contributed by atoms with Crippen LogP contribution in [0, 0.1) is 5.92 Å². The molecule has 2 heteroatoms. The van der Waals surface area contributed by atoms with Gasteiger partial charge >= 0.3 is 0 Å². The molecule has 11 heavy (non-hydrogen) atoms. The third kappa shape index (κ3) is 1.57. The Hall–Kier alpha value is -0.0800. The first-order valence-electron chi connectivity index (χ1n) is 4.71. The average Bonchev–Trinajstić information content (AvgIpc) is 2.48. The number of aliphatic hydroxyl groups is 1. The molecule has 0 spiro atoms. The Kier molecular flexibility index (Phi) is 1.90. The summed E-state index contributed by atoms with van der Waals surface area (Å²) in [6.07, 6.45) is 4.61. The molecule has 0 heterocycles. The van der Waals surface area contributed by atoms with Gasteiger partial charge in [0.05, 0.1) is 6.10 Å². The summed E-state index contributed by atoms with van der Waals surface area (Å²) in [6.45, 7) is 2.26. The lowest BCUT2D eigenvalue weighted by Crippen LogP contribution is -2.37. The highest BCUT2D eigenvalue weighted by molar-refractivity contribution is 4.95. The van der Waals surface area contributed by atoms with E-state index in [0.29, 0.717) is 12.1 Å². The lowest BCUT2D eigenvalue weighted by atomic mass is 10.2. The standard InChI is InChI=1S/C9H17NO/c1-6-5-8(6)10-7-3-2-4-9(7)11/h6-11H,2-5H2,1H3/t6?,7-,8?,9-/m1/s1. The zero-order valence-electron chi connectivity index (χ0n) is 7.09. The van der Waals surface area contributed by atoms with Crippen LogP contribution >= 0.6 is 0 Å². The highest BCUT2D eigenvalue weighted by Gasteiger charge is 2.36. The van der Waals surface area contributed by atoms with Crippen LogP contribution in [0.15, 0.2) is 0 Å². The number of nitrogens with one attached hydrogen (secondary N) is 1. The van der Waals surface area contributed by atoms with Gasteiger partial charge in [-0.15, -0.1) is 0 Å². The summed E-state index contributed by atoms with van der Waals surface area (Å²) >= 11 is 0. The fourth-order valence-corrected chi connectivity index (χ4v) is 1.96. The summed E-state index contributed by atoms with van der Waals surface area (Å²) in [5, 5.41) is 13.0. The van der Waals surface area contributed by atoms with E-state index in [1.165, 1.54) is 19.3 Å². The van der Waals surface area contributed by atoms with Crippen molar-refractivity contribution in [2.45, 2.75) is 50.8 Å². The summed E-state index contributed by atoms with van der Waals surface area (Å²) in [4.78, 5) is 0. The molecule has 4 atom stereocenters. The van der Waals surface area contributed by atoms with Crippen LogP contribution in [0.3, 0.4) is 0 Å². The molecule has 2 aliphatic rings. The summed E-state index contributed by atoms with van der Waals surface area (Å²) in [7, 11) is 0. The van der Waals surface area contributed by atoms with E-state index in [1.54, 1.807) is 0 Å². The first-order valence-corrected chi connectivity index (χ1v) is 4.71. The molecular formula is C9H17NO. The number of aliphatic hydroxyl groups excluding tert-OH is 1. The van der Waals surface area contributed by atoms with E-state index in [1.807, 2.05) is 0 Å². The summed E-state index contributed by atoms with van der Waals surface area (Å²) < 4.78 is 0. The largest absolute Gasteiger partial charge is 0.392 e. The van der Waals surface area contributed by atoms with Crippen LogP contribution in [0.1, 0.15) is 32.6 Å². The van der Waals surface area contributed by atoms with Crippen LogP contribution in [-0.2, 0) is 0 Å². The Balaban J connectivity index is 1.77. The van der Waals surface area contributed by atoms with Crippen molar-refractivity contribution in [2.75, 3.05) is 0 Å². The molecule has 64 valence electrons. The van der Waals surface area contributed by atoms with Crippen molar-refractivity contribution >= 4 is 0 Å². The molecule has 2 nitrogen and oxygen atoms in total. The van der Waals surface area contributed by atoms with Crippen molar-refractivity contribution in [3.05, 3.63) is 0 Å². The highest BCUT2D eigenvalue weighted by Crippen LogP contribution is 2.31. The lowest BCUT2D eigenvalue weighted by Gasteiger charge is -2.15. The molecule has 0 aromatic carbocycles. The van der Waals surface area contributed by atoms with Crippen molar-refractivity contribution in [1.82, 2.24) is 5.32 Å². The van der Waals surface area contributed by atoms with Gasteiger partial charge in [0, 0.05) is 12.1 Å². The van der Waals surface area contributed by atoms with Crippen LogP contribution in [0.4, 0.5) is 0 Å². The molecule has 2 saturated carbocycles. The van der Waals surface area contributed by atoms with Gasteiger partial charge in [-0.25, -0.2) is 0 Å². The Labute approximate surface area is 68.0 Å². The first kappa shape index (κ1) is 7.56. The molecule has 0 saturated heterocycles. The maximum absolute atomic E-state index is 9.49. The SMILES string of the molecule is CC1CC1N[C@@H]1CCC[C@H]1O. The zero-order valence-corrected chi connectivity index (χ0v) is 7.09. The van der Waals surface area contributed by atoms with Gasteiger partial charge in [0.2, 0.25) is 0 Å². The third-order valence-electron chi connectivity index (χ3n) is 3.02. The predicted molar refractivity (Wildman–Crippen MR) is 44.4 cm³/mol. The third-order valence-corrected chi connectivity index (χ3v) is 3.02. The predicted octanol–water partition coefficient (Wildman–Crippen LogP) is 0.898. The van der Waals surface area contributed by atoms with E-state index in [2.05, 4.69) is 12.2 Å². The smallest absolute Gasteiger partial charge is 0.0693 e. The van der Waals surface area contributed by atoms with Crippen molar-refractivity contribution in [2.24, 2.45) is 5.92 Å². The number of hydrogen-bond acceptors (Lipinski definition) is 2. The molecule has 2 aliphatic carbocycles. The van der Waals surface area contributed by atoms with Gasteiger partial charge in [-0.2, -0.15) is 0 Å². The number of hydrogen-bond donors (Lipinski definition) is 2. The second kappa shape index (κ2) is 2.76. The Morgan fingerprint density at radius 2 is 2.00 bits per heavy atom. The lowest BCUT2D eigenvalue weighted by molar-refractivity contribution is 0.148. The summed E-state index contributed by atoms with van der Waals surface area (Å²) in [5.41, 5.74) is 0. The minimum absolute atomic E-state index is 0.0669.